The molecule has 1 unspecified atom stereocenters. The number of hydrogen-bond donors (Lipinski definition) is 3. The fraction of sp³-hybridized carbons (Fsp3) is 0.333. The van der Waals surface area contributed by atoms with Crippen LogP contribution in [-0.2, 0) is 22.5 Å². The molecule has 1 atom stereocenters. The number of ether oxygens (including phenoxy) is 1. The summed E-state index contributed by atoms with van der Waals surface area (Å²) in [5.41, 5.74) is 15.2. The van der Waals surface area contributed by atoms with Gasteiger partial charge in [-0.2, -0.15) is 5.10 Å². The Balaban J connectivity index is 1.41. The second-order valence-corrected chi connectivity index (χ2v) is 9.62. The molecule has 11 heteroatoms. The van der Waals surface area contributed by atoms with Gasteiger partial charge in [-0.25, -0.2) is 9.37 Å². The summed E-state index contributed by atoms with van der Waals surface area (Å²) < 4.78 is 22.4. The summed E-state index contributed by atoms with van der Waals surface area (Å²) in [5.74, 6) is 0.611. The van der Waals surface area contributed by atoms with E-state index in [0.29, 0.717) is 71.0 Å². The number of carbonyl (C=O) groups excluding carboxylic acids is 1. The first-order valence-electron chi connectivity index (χ1n) is 12.4. The van der Waals surface area contributed by atoms with Crippen LogP contribution in [0.1, 0.15) is 31.5 Å². The SMILES string of the molecule is C=N/C=C(N)\C(C)=C(/C)c1cc2cc(Nc3cc4n(n3)CC(=O)N(C3CCOC3)CC4)ncc2c(N)c1F. The highest BCUT2D eigenvalue weighted by atomic mass is 19.1. The molecule has 5 rings (SSSR count). The summed E-state index contributed by atoms with van der Waals surface area (Å²) in [5, 5.41) is 9.02. The average Bonchev–Trinajstić information content (AvgIpc) is 3.53. The Hall–Kier alpha value is -4.25. The van der Waals surface area contributed by atoms with E-state index in [1.807, 2.05) is 11.0 Å². The highest BCUT2D eigenvalue weighted by Crippen LogP contribution is 2.34. The van der Waals surface area contributed by atoms with Crippen molar-refractivity contribution in [2.24, 2.45) is 10.7 Å². The Morgan fingerprint density at radius 1 is 1.32 bits per heavy atom. The van der Waals surface area contributed by atoms with E-state index in [2.05, 4.69) is 27.1 Å². The van der Waals surface area contributed by atoms with Gasteiger partial charge in [-0.1, -0.05) is 0 Å². The fourth-order valence-electron chi connectivity index (χ4n) is 4.97. The van der Waals surface area contributed by atoms with E-state index < -0.39 is 5.82 Å². The molecule has 5 N–H and O–H groups in total. The van der Waals surface area contributed by atoms with Crippen LogP contribution in [0.15, 0.2) is 46.9 Å². The smallest absolute Gasteiger partial charge is 0.244 e. The van der Waals surface area contributed by atoms with Crippen molar-refractivity contribution in [3.63, 3.8) is 0 Å². The lowest BCUT2D eigenvalue weighted by atomic mass is 9.96. The molecule has 2 aromatic heterocycles. The van der Waals surface area contributed by atoms with E-state index in [4.69, 9.17) is 16.2 Å². The normalized spacial score (nSPS) is 18.8. The minimum Gasteiger partial charge on any atom is -0.397 e. The monoisotopic (exact) mass is 518 g/mol. The first-order chi connectivity index (χ1) is 18.3. The van der Waals surface area contributed by atoms with E-state index in [1.54, 1.807) is 30.7 Å². The van der Waals surface area contributed by atoms with Crippen molar-refractivity contribution in [2.45, 2.75) is 39.3 Å². The summed E-state index contributed by atoms with van der Waals surface area (Å²) >= 11 is 0. The number of aromatic nitrogens is 3. The van der Waals surface area contributed by atoms with E-state index in [1.165, 1.54) is 12.4 Å². The van der Waals surface area contributed by atoms with Crippen LogP contribution in [0, 0.1) is 5.82 Å². The molecule has 0 radical (unpaired) electrons. The van der Waals surface area contributed by atoms with E-state index in [-0.39, 0.29) is 24.2 Å². The number of carbonyl (C=O) groups is 1. The standard InChI is InChI=1S/C27H31FN8O2/c1-15(16(2)22(29)12-31-3)20-8-17-9-23(32-11-21(17)27(30)26(20)28)33-24-10-18-4-6-35(19-5-7-38-14-19)25(37)13-36(18)34-24/h8-12,19H,3-7,13-14,29-30H2,1-2H3,(H,32,33,34)/b16-15+,22-12+. The van der Waals surface area contributed by atoms with Gasteiger partial charge in [-0.15, -0.1) is 0 Å². The Bertz CT molecular complexity index is 1490. The molecule has 0 bridgehead atoms. The molecule has 0 spiro atoms. The van der Waals surface area contributed by atoms with Crippen LogP contribution in [-0.4, -0.2) is 58.1 Å². The van der Waals surface area contributed by atoms with Crippen molar-refractivity contribution in [3.05, 3.63) is 58.9 Å². The summed E-state index contributed by atoms with van der Waals surface area (Å²) in [6, 6.07) is 5.59. The minimum absolute atomic E-state index is 0.0116. The maximum absolute atomic E-state index is 15.2. The quantitative estimate of drug-likeness (QED) is 0.259. The van der Waals surface area contributed by atoms with Gasteiger partial charge in [0.15, 0.2) is 11.6 Å². The number of nitrogens with one attached hydrogen (secondary N) is 1. The Kier molecular flexibility index (Phi) is 6.85. The van der Waals surface area contributed by atoms with Crippen molar-refractivity contribution in [1.82, 2.24) is 19.7 Å². The zero-order chi connectivity index (χ0) is 27.0. The van der Waals surface area contributed by atoms with Crippen LogP contribution in [0.5, 0.6) is 0 Å². The second-order valence-electron chi connectivity index (χ2n) is 9.62. The molecule has 10 nitrogen and oxygen atoms in total. The van der Waals surface area contributed by atoms with Crippen LogP contribution in [0.2, 0.25) is 0 Å². The molecule has 1 fully saturated rings. The lowest BCUT2D eigenvalue weighted by Gasteiger charge is -2.26. The molecule has 2 aliphatic rings. The number of nitrogen functional groups attached to an aromatic ring is 1. The van der Waals surface area contributed by atoms with Crippen molar-refractivity contribution in [3.8, 4) is 0 Å². The molecule has 198 valence electrons. The van der Waals surface area contributed by atoms with Crippen LogP contribution >= 0.6 is 0 Å². The topological polar surface area (TPSA) is 137 Å². The zero-order valence-corrected chi connectivity index (χ0v) is 21.5. The lowest BCUT2D eigenvalue weighted by Crippen LogP contribution is -2.42. The summed E-state index contributed by atoms with van der Waals surface area (Å²) in [4.78, 5) is 22.9. The van der Waals surface area contributed by atoms with E-state index in [0.717, 1.165) is 12.1 Å². The predicted octanol–water partition coefficient (Wildman–Crippen LogP) is 3.36. The molecule has 3 aromatic rings. The van der Waals surface area contributed by atoms with Crippen LogP contribution < -0.4 is 16.8 Å². The number of anilines is 3. The molecule has 2 aliphatic heterocycles. The molecular formula is C27H31FN8O2. The number of aliphatic imine (C=N–C) groups is 1. The number of nitrogens with zero attached hydrogens (tertiary/aromatic N) is 5. The van der Waals surface area contributed by atoms with Crippen LogP contribution in [0.3, 0.4) is 0 Å². The summed E-state index contributed by atoms with van der Waals surface area (Å²) in [6.07, 6.45) is 4.53. The highest BCUT2D eigenvalue weighted by Gasteiger charge is 2.30. The Labute approximate surface area is 219 Å². The predicted molar refractivity (Wildman–Crippen MR) is 146 cm³/mol. The third kappa shape index (κ3) is 4.72. The van der Waals surface area contributed by atoms with Gasteiger partial charge in [-0.3, -0.25) is 14.5 Å². The third-order valence-corrected chi connectivity index (χ3v) is 7.31. The molecule has 0 saturated carbocycles. The van der Waals surface area contributed by atoms with Gasteiger partial charge in [0.1, 0.15) is 12.4 Å². The number of pyridine rings is 1. The number of nitrogens with two attached hydrogens (primary N) is 2. The van der Waals surface area contributed by atoms with Crippen molar-refractivity contribution >= 4 is 46.3 Å². The highest BCUT2D eigenvalue weighted by molar-refractivity contribution is 5.97. The van der Waals surface area contributed by atoms with E-state index >= 15 is 4.39 Å². The third-order valence-electron chi connectivity index (χ3n) is 7.31. The molecule has 1 aromatic carbocycles. The van der Waals surface area contributed by atoms with E-state index in [9.17, 15) is 4.79 Å². The number of fused-ring (bicyclic) bond motifs is 2. The Morgan fingerprint density at radius 3 is 2.87 bits per heavy atom. The summed E-state index contributed by atoms with van der Waals surface area (Å²) in [7, 11) is 0. The number of rotatable bonds is 6. The van der Waals surface area contributed by atoms with Gasteiger partial charge >= 0.3 is 0 Å². The van der Waals surface area contributed by atoms with Gasteiger partial charge in [0.25, 0.3) is 0 Å². The number of benzene rings is 1. The number of amides is 1. The van der Waals surface area contributed by atoms with Gasteiger partial charge < -0.3 is 26.4 Å². The minimum atomic E-state index is -0.531. The van der Waals surface area contributed by atoms with Crippen molar-refractivity contribution in [1.29, 1.82) is 0 Å². The number of hydrogen-bond acceptors (Lipinski definition) is 8. The van der Waals surface area contributed by atoms with Gasteiger partial charge in [0.2, 0.25) is 5.91 Å². The molecule has 38 heavy (non-hydrogen) atoms. The van der Waals surface area contributed by atoms with Gasteiger partial charge in [0.05, 0.1) is 24.0 Å². The maximum Gasteiger partial charge on any atom is 0.244 e. The number of allylic oxidation sites excluding steroid dienone is 2. The molecule has 0 aliphatic carbocycles. The van der Waals surface area contributed by atoms with Gasteiger partial charge in [-0.05, 0) is 55.7 Å². The molecule has 1 amide bonds. The maximum atomic E-state index is 15.2. The molecular weight excluding hydrogens is 487 g/mol. The van der Waals surface area contributed by atoms with Crippen molar-refractivity contribution in [2.75, 3.05) is 30.8 Å². The average molecular weight is 519 g/mol. The largest absolute Gasteiger partial charge is 0.397 e. The lowest BCUT2D eigenvalue weighted by molar-refractivity contribution is -0.133. The first kappa shape index (κ1) is 25.4. The van der Waals surface area contributed by atoms with Crippen LogP contribution in [0.4, 0.5) is 21.7 Å². The van der Waals surface area contributed by atoms with Crippen LogP contribution in [0.25, 0.3) is 16.3 Å². The number of halogens is 1. The second kappa shape index (κ2) is 10.3. The summed E-state index contributed by atoms with van der Waals surface area (Å²) in [6.45, 7) is 9.09. The zero-order valence-electron chi connectivity index (χ0n) is 21.5. The van der Waals surface area contributed by atoms with Crippen molar-refractivity contribution < 1.29 is 13.9 Å². The molecule has 1 saturated heterocycles. The first-order valence-corrected chi connectivity index (χ1v) is 12.4. The molecule has 4 heterocycles. The Morgan fingerprint density at radius 2 is 2.13 bits per heavy atom. The van der Waals surface area contributed by atoms with Gasteiger partial charge in [0, 0.05) is 54.7 Å². The fourth-order valence-corrected chi connectivity index (χ4v) is 4.97.